The Balaban J connectivity index is 1.61. The molecule has 21 heavy (non-hydrogen) atoms. The number of nitrogens with zero attached hydrogens (tertiary/aromatic N) is 1. The first-order valence-corrected chi connectivity index (χ1v) is 7.22. The molecule has 1 fully saturated rings. The molecule has 1 saturated carbocycles. The number of hydrogen-bond acceptors (Lipinski definition) is 5. The van der Waals surface area contributed by atoms with E-state index in [1.807, 2.05) is 18.2 Å². The average Bonchev–Trinajstić information content (AvgIpc) is 2.77. The Morgan fingerprint density at radius 2 is 1.95 bits per heavy atom. The molecule has 1 aliphatic carbocycles. The molecule has 0 unspecified atom stereocenters. The van der Waals surface area contributed by atoms with Gasteiger partial charge in [-0.1, -0.05) is 12.5 Å². The molecule has 1 aromatic rings. The Labute approximate surface area is 122 Å². The molecule has 0 amide bonds. The van der Waals surface area contributed by atoms with Crippen molar-refractivity contribution in [2.45, 2.75) is 19.3 Å². The van der Waals surface area contributed by atoms with Crippen molar-refractivity contribution in [2.24, 2.45) is 10.9 Å². The molecule has 5 nitrogen and oxygen atoms in total. The minimum atomic E-state index is -0.369. The van der Waals surface area contributed by atoms with E-state index in [2.05, 4.69) is 4.99 Å². The third-order valence-corrected chi connectivity index (χ3v) is 3.96. The summed E-state index contributed by atoms with van der Waals surface area (Å²) in [6.45, 7) is 1.11. The zero-order valence-electron chi connectivity index (χ0n) is 11.5. The average molecular weight is 285 g/mol. The zero-order chi connectivity index (χ0) is 14.2. The van der Waals surface area contributed by atoms with E-state index in [0.717, 1.165) is 24.2 Å². The van der Waals surface area contributed by atoms with Crippen LogP contribution in [-0.4, -0.2) is 25.1 Å². The SMILES string of the molecule is O=C1OC(C2CCC2)=N/C1=C/c1ccc2c(c1)OCCO2. The minimum absolute atomic E-state index is 0.320. The number of aliphatic imine (C=N–C) groups is 1. The molecule has 2 aliphatic heterocycles. The molecule has 0 radical (unpaired) electrons. The largest absolute Gasteiger partial charge is 0.486 e. The van der Waals surface area contributed by atoms with Crippen molar-refractivity contribution >= 4 is 17.9 Å². The number of rotatable bonds is 2. The molecule has 108 valence electrons. The molecular weight excluding hydrogens is 270 g/mol. The molecule has 0 aromatic heterocycles. The van der Waals surface area contributed by atoms with Crippen LogP contribution in [0.2, 0.25) is 0 Å². The number of carbonyl (C=O) groups excluding carboxylic acids is 1. The van der Waals surface area contributed by atoms with Gasteiger partial charge in [-0.15, -0.1) is 0 Å². The van der Waals surface area contributed by atoms with Gasteiger partial charge < -0.3 is 14.2 Å². The fourth-order valence-electron chi connectivity index (χ4n) is 2.56. The molecule has 0 N–H and O–H groups in total. The van der Waals surface area contributed by atoms with E-state index < -0.39 is 0 Å². The first-order valence-electron chi connectivity index (χ1n) is 7.22. The van der Waals surface area contributed by atoms with Gasteiger partial charge in [-0.3, -0.25) is 0 Å². The lowest BCUT2D eigenvalue weighted by Gasteiger charge is -2.23. The highest BCUT2D eigenvalue weighted by atomic mass is 16.6. The van der Waals surface area contributed by atoms with Gasteiger partial charge in [-0.2, -0.15) is 0 Å². The number of hydrogen-bond donors (Lipinski definition) is 0. The topological polar surface area (TPSA) is 57.1 Å². The normalized spacial score (nSPS) is 22.8. The Kier molecular flexibility index (Phi) is 2.91. The lowest BCUT2D eigenvalue weighted by atomic mass is 9.85. The van der Waals surface area contributed by atoms with Gasteiger partial charge in [0.05, 0.1) is 0 Å². The number of carbonyl (C=O) groups is 1. The minimum Gasteiger partial charge on any atom is -0.486 e. The van der Waals surface area contributed by atoms with Crippen LogP contribution in [-0.2, 0) is 9.53 Å². The number of benzene rings is 1. The summed E-state index contributed by atoms with van der Waals surface area (Å²) in [7, 11) is 0. The number of esters is 1. The van der Waals surface area contributed by atoms with Crippen LogP contribution >= 0.6 is 0 Å². The van der Waals surface area contributed by atoms with Crippen LogP contribution in [0.3, 0.4) is 0 Å². The van der Waals surface area contributed by atoms with E-state index in [1.165, 1.54) is 6.42 Å². The van der Waals surface area contributed by atoms with Gasteiger partial charge in [0.25, 0.3) is 0 Å². The standard InChI is InChI=1S/C16H15NO4/c18-16-12(17-15(21-16)11-2-1-3-11)8-10-4-5-13-14(9-10)20-7-6-19-13/h4-5,8-9,11H,1-3,6-7H2/b12-8+. The third kappa shape index (κ3) is 2.28. The quantitative estimate of drug-likeness (QED) is 0.619. The van der Waals surface area contributed by atoms with Crippen LogP contribution in [0.5, 0.6) is 11.5 Å². The van der Waals surface area contributed by atoms with Gasteiger partial charge >= 0.3 is 5.97 Å². The lowest BCUT2D eigenvalue weighted by molar-refractivity contribution is -0.130. The summed E-state index contributed by atoms with van der Waals surface area (Å²) in [6.07, 6.45) is 5.03. The zero-order valence-corrected chi connectivity index (χ0v) is 11.5. The lowest BCUT2D eigenvalue weighted by Crippen LogP contribution is -2.22. The van der Waals surface area contributed by atoms with E-state index in [-0.39, 0.29) is 5.97 Å². The van der Waals surface area contributed by atoms with Crippen LogP contribution in [0, 0.1) is 5.92 Å². The van der Waals surface area contributed by atoms with Crippen molar-refractivity contribution in [1.82, 2.24) is 0 Å². The predicted molar refractivity (Wildman–Crippen MR) is 76.3 cm³/mol. The van der Waals surface area contributed by atoms with Gasteiger partial charge in [-0.05, 0) is 36.6 Å². The van der Waals surface area contributed by atoms with Gasteiger partial charge in [0, 0.05) is 5.92 Å². The molecule has 0 atom stereocenters. The van der Waals surface area contributed by atoms with E-state index >= 15 is 0 Å². The van der Waals surface area contributed by atoms with Crippen molar-refractivity contribution < 1.29 is 19.0 Å². The molecule has 0 bridgehead atoms. The van der Waals surface area contributed by atoms with Crippen molar-refractivity contribution in [3.8, 4) is 11.5 Å². The fraction of sp³-hybridized carbons (Fsp3) is 0.375. The van der Waals surface area contributed by atoms with Gasteiger partial charge in [0.2, 0.25) is 5.90 Å². The summed E-state index contributed by atoms with van der Waals surface area (Å²) in [4.78, 5) is 16.2. The van der Waals surface area contributed by atoms with Crippen LogP contribution < -0.4 is 9.47 Å². The second-order valence-electron chi connectivity index (χ2n) is 5.40. The van der Waals surface area contributed by atoms with E-state index in [1.54, 1.807) is 6.08 Å². The summed E-state index contributed by atoms with van der Waals surface area (Å²) < 4.78 is 16.3. The second-order valence-corrected chi connectivity index (χ2v) is 5.40. The summed E-state index contributed by atoms with van der Waals surface area (Å²) in [5, 5.41) is 0. The summed E-state index contributed by atoms with van der Waals surface area (Å²) in [6, 6.07) is 5.58. The molecule has 5 heteroatoms. The highest BCUT2D eigenvalue weighted by Crippen LogP contribution is 2.34. The maximum absolute atomic E-state index is 11.9. The number of cyclic esters (lactones) is 1. The van der Waals surface area contributed by atoms with Crippen LogP contribution in [0.25, 0.3) is 6.08 Å². The van der Waals surface area contributed by atoms with Crippen molar-refractivity contribution in [1.29, 1.82) is 0 Å². The van der Waals surface area contributed by atoms with Crippen molar-refractivity contribution in [2.75, 3.05) is 13.2 Å². The first kappa shape index (κ1) is 12.4. The molecule has 0 saturated heterocycles. The Morgan fingerprint density at radius 1 is 1.14 bits per heavy atom. The highest BCUT2D eigenvalue weighted by molar-refractivity contribution is 6.08. The Hall–Kier alpha value is -2.30. The Morgan fingerprint density at radius 3 is 2.71 bits per heavy atom. The third-order valence-electron chi connectivity index (χ3n) is 3.96. The molecule has 2 heterocycles. The molecule has 0 spiro atoms. The van der Waals surface area contributed by atoms with Crippen LogP contribution in [0.15, 0.2) is 28.9 Å². The van der Waals surface area contributed by atoms with Crippen LogP contribution in [0.4, 0.5) is 0 Å². The Bertz CT molecular complexity index is 658. The van der Waals surface area contributed by atoms with Crippen molar-refractivity contribution in [3.05, 3.63) is 29.5 Å². The van der Waals surface area contributed by atoms with Crippen LogP contribution in [0.1, 0.15) is 24.8 Å². The van der Waals surface area contributed by atoms with Gasteiger partial charge in [0.1, 0.15) is 13.2 Å². The number of ether oxygens (including phenoxy) is 3. The molecule has 3 aliphatic rings. The van der Waals surface area contributed by atoms with Gasteiger partial charge in [-0.25, -0.2) is 9.79 Å². The first-order chi connectivity index (χ1) is 10.3. The number of fused-ring (bicyclic) bond motifs is 1. The molecular formula is C16H15NO4. The maximum Gasteiger partial charge on any atom is 0.363 e. The van der Waals surface area contributed by atoms with Gasteiger partial charge in [0.15, 0.2) is 17.2 Å². The van der Waals surface area contributed by atoms with E-state index in [0.29, 0.717) is 36.5 Å². The summed E-state index contributed by atoms with van der Waals surface area (Å²) in [5.41, 5.74) is 1.21. The maximum atomic E-state index is 11.9. The molecule has 1 aromatic carbocycles. The smallest absolute Gasteiger partial charge is 0.363 e. The highest BCUT2D eigenvalue weighted by Gasteiger charge is 2.32. The second kappa shape index (κ2) is 4.91. The molecule has 4 rings (SSSR count). The summed E-state index contributed by atoms with van der Waals surface area (Å²) >= 11 is 0. The monoisotopic (exact) mass is 285 g/mol. The fourth-order valence-corrected chi connectivity index (χ4v) is 2.56. The van der Waals surface area contributed by atoms with E-state index in [9.17, 15) is 4.79 Å². The summed E-state index contributed by atoms with van der Waals surface area (Å²) in [5.74, 6) is 1.96. The van der Waals surface area contributed by atoms with E-state index in [4.69, 9.17) is 14.2 Å². The van der Waals surface area contributed by atoms with Crippen molar-refractivity contribution in [3.63, 3.8) is 0 Å². The predicted octanol–water partition coefficient (Wildman–Crippen LogP) is 2.55.